The Bertz CT molecular complexity index is 909. The van der Waals surface area contributed by atoms with Crippen molar-refractivity contribution in [1.82, 2.24) is 4.31 Å². The summed E-state index contributed by atoms with van der Waals surface area (Å²) in [5.74, 6) is 0.242. The molecule has 2 aromatic rings. The number of methoxy groups -OCH3 is 1. The molecule has 0 saturated carbocycles. The summed E-state index contributed by atoms with van der Waals surface area (Å²) >= 11 is 0. The molecule has 1 aliphatic heterocycles. The van der Waals surface area contributed by atoms with Crippen LogP contribution in [0.4, 0.5) is 18.9 Å². The van der Waals surface area contributed by atoms with Crippen molar-refractivity contribution < 1.29 is 31.1 Å². The van der Waals surface area contributed by atoms with Crippen LogP contribution in [0.1, 0.15) is 0 Å². The molecule has 0 bridgehead atoms. The van der Waals surface area contributed by atoms with Crippen LogP contribution < -0.4 is 14.4 Å². The van der Waals surface area contributed by atoms with E-state index in [2.05, 4.69) is 4.74 Å². The Morgan fingerprint density at radius 2 is 1.54 bits per heavy atom. The van der Waals surface area contributed by atoms with Crippen molar-refractivity contribution in [1.29, 1.82) is 0 Å². The highest BCUT2D eigenvalue weighted by Crippen LogP contribution is 2.30. The minimum absolute atomic E-state index is 0.0761. The fraction of sp³-hybridized carbons (Fsp3) is 0.333. The molecular formula is C18H19F3N2O4S. The van der Waals surface area contributed by atoms with E-state index in [0.29, 0.717) is 18.8 Å². The SMILES string of the molecule is COc1ccccc1N1CCN(S(=O)(=O)c2ccc(OC(F)(F)F)cc2)CC1. The van der Waals surface area contributed by atoms with Gasteiger partial charge in [0.2, 0.25) is 10.0 Å². The lowest BCUT2D eigenvalue weighted by atomic mass is 10.2. The van der Waals surface area contributed by atoms with Crippen molar-refractivity contribution in [3.05, 3.63) is 48.5 Å². The second-order valence-corrected chi connectivity index (χ2v) is 8.02. The van der Waals surface area contributed by atoms with Gasteiger partial charge in [0.15, 0.2) is 0 Å². The van der Waals surface area contributed by atoms with E-state index in [0.717, 1.165) is 30.0 Å². The quantitative estimate of drug-likeness (QED) is 0.750. The molecule has 10 heteroatoms. The maximum atomic E-state index is 12.8. The van der Waals surface area contributed by atoms with Gasteiger partial charge in [0.05, 0.1) is 17.7 Å². The van der Waals surface area contributed by atoms with E-state index in [4.69, 9.17) is 4.74 Å². The maximum Gasteiger partial charge on any atom is 0.573 e. The Morgan fingerprint density at radius 3 is 2.11 bits per heavy atom. The van der Waals surface area contributed by atoms with Crippen molar-refractivity contribution in [3.8, 4) is 11.5 Å². The lowest BCUT2D eigenvalue weighted by Gasteiger charge is -2.35. The molecular weight excluding hydrogens is 397 g/mol. The van der Waals surface area contributed by atoms with Crippen molar-refractivity contribution in [3.63, 3.8) is 0 Å². The van der Waals surface area contributed by atoms with Gasteiger partial charge in [0.1, 0.15) is 11.5 Å². The van der Waals surface area contributed by atoms with E-state index in [-0.39, 0.29) is 18.0 Å². The zero-order valence-corrected chi connectivity index (χ0v) is 15.8. The average Bonchev–Trinajstić information content (AvgIpc) is 2.67. The van der Waals surface area contributed by atoms with Crippen LogP contribution in [0.5, 0.6) is 11.5 Å². The van der Waals surface area contributed by atoms with E-state index in [1.54, 1.807) is 7.11 Å². The topological polar surface area (TPSA) is 59.1 Å². The highest BCUT2D eigenvalue weighted by molar-refractivity contribution is 7.89. The molecule has 0 N–H and O–H groups in total. The molecule has 28 heavy (non-hydrogen) atoms. The molecule has 0 radical (unpaired) electrons. The van der Waals surface area contributed by atoms with Gasteiger partial charge in [-0.15, -0.1) is 13.2 Å². The Kier molecular flexibility index (Phi) is 5.71. The monoisotopic (exact) mass is 416 g/mol. The normalized spacial score (nSPS) is 16.1. The van der Waals surface area contributed by atoms with Crippen LogP contribution in [0, 0.1) is 0 Å². The van der Waals surface area contributed by atoms with Crippen molar-refractivity contribution in [2.75, 3.05) is 38.2 Å². The molecule has 1 fully saturated rings. The average molecular weight is 416 g/mol. The van der Waals surface area contributed by atoms with Crippen LogP contribution in [-0.4, -0.2) is 52.4 Å². The molecule has 1 saturated heterocycles. The molecule has 1 heterocycles. The molecule has 0 spiro atoms. The number of ether oxygens (including phenoxy) is 2. The number of benzene rings is 2. The van der Waals surface area contributed by atoms with Gasteiger partial charge in [-0.2, -0.15) is 4.31 Å². The number of para-hydroxylation sites is 2. The van der Waals surface area contributed by atoms with Gasteiger partial charge < -0.3 is 14.4 Å². The number of rotatable bonds is 5. The predicted octanol–water partition coefficient (Wildman–Crippen LogP) is 3.10. The summed E-state index contributed by atoms with van der Waals surface area (Å²) in [6.45, 7) is 1.44. The molecule has 1 aliphatic rings. The van der Waals surface area contributed by atoms with Gasteiger partial charge >= 0.3 is 6.36 Å². The van der Waals surface area contributed by atoms with Crippen LogP contribution in [0.15, 0.2) is 53.4 Å². The fourth-order valence-corrected chi connectivity index (χ4v) is 4.44. The van der Waals surface area contributed by atoms with Gasteiger partial charge in [0, 0.05) is 26.2 Å². The first-order valence-corrected chi connectivity index (χ1v) is 9.88. The Labute approximate surface area is 161 Å². The summed E-state index contributed by atoms with van der Waals surface area (Å²) in [7, 11) is -2.23. The summed E-state index contributed by atoms with van der Waals surface area (Å²) in [5, 5.41) is 0. The van der Waals surface area contributed by atoms with Crippen LogP contribution >= 0.6 is 0 Å². The number of sulfonamides is 1. The van der Waals surface area contributed by atoms with Crippen LogP contribution in [0.25, 0.3) is 0 Å². The van der Waals surface area contributed by atoms with Gasteiger partial charge in [-0.1, -0.05) is 12.1 Å². The Hall–Kier alpha value is -2.46. The molecule has 0 unspecified atom stereocenters. The number of nitrogens with zero attached hydrogens (tertiary/aromatic N) is 2. The summed E-state index contributed by atoms with van der Waals surface area (Å²) in [4.78, 5) is 1.96. The molecule has 3 rings (SSSR count). The molecule has 0 aromatic heterocycles. The zero-order chi connectivity index (χ0) is 20.4. The lowest BCUT2D eigenvalue weighted by molar-refractivity contribution is -0.274. The van der Waals surface area contributed by atoms with Gasteiger partial charge in [-0.05, 0) is 36.4 Å². The molecule has 0 amide bonds. The first kappa shape index (κ1) is 20.3. The van der Waals surface area contributed by atoms with E-state index in [9.17, 15) is 21.6 Å². The molecule has 6 nitrogen and oxygen atoms in total. The van der Waals surface area contributed by atoms with Crippen LogP contribution in [0.2, 0.25) is 0 Å². The summed E-state index contributed by atoms with van der Waals surface area (Å²) in [6, 6.07) is 11.7. The molecule has 2 aromatic carbocycles. The molecule has 152 valence electrons. The molecule has 0 atom stereocenters. The van der Waals surface area contributed by atoms with E-state index in [1.165, 1.54) is 4.31 Å². The highest BCUT2D eigenvalue weighted by Gasteiger charge is 2.32. The fourth-order valence-electron chi connectivity index (χ4n) is 3.02. The third-order valence-corrected chi connectivity index (χ3v) is 6.27. The summed E-state index contributed by atoms with van der Waals surface area (Å²) < 4.78 is 72.7. The maximum absolute atomic E-state index is 12.8. The smallest absolute Gasteiger partial charge is 0.495 e. The summed E-state index contributed by atoms with van der Waals surface area (Å²) in [5.41, 5.74) is 0.885. The first-order valence-electron chi connectivity index (χ1n) is 8.44. The largest absolute Gasteiger partial charge is 0.573 e. The third kappa shape index (κ3) is 4.50. The minimum atomic E-state index is -4.82. The van der Waals surface area contributed by atoms with Gasteiger partial charge in [0.25, 0.3) is 0 Å². The molecule has 0 aliphatic carbocycles. The highest BCUT2D eigenvalue weighted by atomic mass is 32.2. The number of hydrogen-bond donors (Lipinski definition) is 0. The number of piperazine rings is 1. The van der Waals surface area contributed by atoms with Crippen molar-refractivity contribution in [2.24, 2.45) is 0 Å². The minimum Gasteiger partial charge on any atom is -0.495 e. The lowest BCUT2D eigenvalue weighted by Crippen LogP contribution is -2.48. The third-order valence-electron chi connectivity index (χ3n) is 4.36. The van der Waals surface area contributed by atoms with Crippen molar-refractivity contribution >= 4 is 15.7 Å². The number of anilines is 1. The van der Waals surface area contributed by atoms with E-state index in [1.807, 2.05) is 29.2 Å². The summed E-state index contributed by atoms with van der Waals surface area (Å²) in [6.07, 6.45) is -4.82. The number of hydrogen-bond acceptors (Lipinski definition) is 5. The second-order valence-electron chi connectivity index (χ2n) is 6.08. The van der Waals surface area contributed by atoms with Crippen LogP contribution in [-0.2, 0) is 10.0 Å². The van der Waals surface area contributed by atoms with E-state index < -0.39 is 22.1 Å². The number of halogens is 3. The number of alkyl halides is 3. The Morgan fingerprint density at radius 1 is 0.929 bits per heavy atom. The standard InChI is InChI=1S/C18H19F3N2O4S/c1-26-17-5-3-2-4-16(17)22-10-12-23(13-11-22)28(24,25)15-8-6-14(7-9-15)27-18(19,20)21/h2-9H,10-13H2,1H3. The van der Waals surface area contributed by atoms with Gasteiger partial charge in [-0.25, -0.2) is 8.42 Å². The van der Waals surface area contributed by atoms with Crippen LogP contribution in [0.3, 0.4) is 0 Å². The van der Waals surface area contributed by atoms with Crippen molar-refractivity contribution in [2.45, 2.75) is 11.3 Å². The first-order chi connectivity index (χ1) is 13.2. The van der Waals surface area contributed by atoms with Gasteiger partial charge in [-0.3, -0.25) is 0 Å². The zero-order valence-electron chi connectivity index (χ0n) is 15.0. The Balaban J connectivity index is 1.69. The second kappa shape index (κ2) is 7.88. The predicted molar refractivity (Wildman–Crippen MR) is 97.1 cm³/mol. The van der Waals surface area contributed by atoms with E-state index >= 15 is 0 Å².